The lowest BCUT2D eigenvalue weighted by molar-refractivity contribution is -0.120. The van der Waals surface area contributed by atoms with Crippen LogP contribution >= 0.6 is 11.6 Å². The van der Waals surface area contributed by atoms with Crippen LogP contribution in [-0.2, 0) is 4.79 Å². The van der Waals surface area contributed by atoms with Crippen molar-refractivity contribution in [1.29, 1.82) is 0 Å². The predicted molar refractivity (Wildman–Crippen MR) is 67.9 cm³/mol. The zero-order valence-corrected chi connectivity index (χ0v) is 10.6. The predicted octanol–water partition coefficient (Wildman–Crippen LogP) is 1.54. The molecule has 4 nitrogen and oxygen atoms in total. The standard InChI is InChI=1S/C12H15ClN2O2/c1-14-9(6-13)8-3-4-11-10(5-8)15(2)12(16)7-17-11/h3-5,9,14H,6-7H2,1-2H3. The fourth-order valence-electron chi connectivity index (χ4n) is 1.84. The van der Waals surface area contributed by atoms with Gasteiger partial charge in [-0.05, 0) is 24.7 Å². The van der Waals surface area contributed by atoms with E-state index in [2.05, 4.69) is 5.32 Å². The molecule has 5 heteroatoms. The van der Waals surface area contributed by atoms with Crippen molar-refractivity contribution in [3.63, 3.8) is 0 Å². The number of carbonyl (C=O) groups is 1. The monoisotopic (exact) mass is 254 g/mol. The number of halogens is 1. The van der Waals surface area contributed by atoms with Gasteiger partial charge < -0.3 is 15.0 Å². The van der Waals surface area contributed by atoms with Crippen LogP contribution in [0.5, 0.6) is 5.75 Å². The van der Waals surface area contributed by atoms with Crippen LogP contribution in [0.4, 0.5) is 5.69 Å². The summed E-state index contributed by atoms with van der Waals surface area (Å²) in [6.45, 7) is 0.105. The van der Waals surface area contributed by atoms with Crippen LogP contribution < -0.4 is 15.0 Å². The second kappa shape index (κ2) is 4.94. The second-order valence-electron chi connectivity index (χ2n) is 3.96. The Balaban J connectivity index is 2.38. The zero-order chi connectivity index (χ0) is 12.4. The fraction of sp³-hybridized carbons (Fsp3) is 0.417. The number of hydrogen-bond donors (Lipinski definition) is 1. The molecule has 1 amide bonds. The van der Waals surface area contributed by atoms with Crippen LogP contribution in [0.2, 0.25) is 0 Å². The quantitative estimate of drug-likeness (QED) is 0.832. The number of amides is 1. The highest BCUT2D eigenvalue weighted by molar-refractivity contribution is 6.18. The first-order valence-corrected chi connectivity index (χ1v) is 5.97. The van der Waals surface area contributed by atoms with Gasteiger partial charge >= 0.3 is 0 Å². The van der Waals surface area contributed by atoms with Gasteiger partial charge in [-0.3, -0.25) is 4.79 Å². The molecule has 1 unspecified atom stereocenters. The summed E-state index contributed by atoms with van der Waals surface area (Å²) < 4.78 is 5.36. The third kappa shape index (κ3) is 2.23. The number of alkyl halides is 1. The summed E-state index contributed by atoms with van der Waals surface area (Å²) >= 11 is 5.88. The van der Waals surface area contributed by atoms with Crippen molar-refractivity contribution in [3.8, 4) is 5.75 Å². The molecular formula is C12H15ClN2O2. The lowest BCUT2D eigenvalue weighted by Crippen LogP contribution is -2.35. The van der Waals surface area contributed by atoms with E-state index in [9.17, 15) is 4.79 Å². The minimum Gasteiger partial charge on any atom is -0.482 e. The number of nitrogens with one attached hydrogen (secondary N) is 1. The first-order valence-electron chi connectivity index (χ1n) is 5.44. The number of ether oxygens (including phenoxy) is 1. The van der Waals surface area contributed by atoms with Crippen LogP contribution in [0.1, 0.15) is 11.6 Å². The van der Waals surface area contributed by atoms with Gasteiger partial charge in [-0.1, -0.05) is 6.07 Å². The highest BCUT2D eigenvalue weighted by Crippen LogP contribution is 2.33. The molecule has 0 fully saturated rings. The summed E-state index contributed by atoms with van der Waals surface area (Å²) in [5.74, 6) is 1.18. The number of benzene rings is 1. The molecule has 0 aromatic heterocycles. The van der Waals surface area contributed by atoms with E-state index in [1.807, 2.05) is 25.2 Å². The van der Waals surface area contributed by atoms with E-state index >= 15 is 0 Å². The number of nitrogens with zero attached hydrogens (tertiary/aromatic N) is 1. The second-order valence-corrected chi connectivity index (χ2v) is 4.27. The van der Waals surface area contributed by atoms with Crippen molar-refractivity contribution in [2.45, 2.75) is 6.04 Å². The first-order chi connectivity index (χ1) is 8.17. The van der Waals surface area contributed by atoms with Crippen LogP contribution in [-0.4, -0.2) is 32.5 Å². The number of fused-ring (bicyclic) bond motifs is 1. The molecule has 1 N–H and O–H groups in total. The SMILES string of the molecule is CNC(CCl)c1ccc2c(c1)N(C)C(=O)CO2. The normalized spacial score (nSPS) is 16.4. The third-order valence-electron chi connectivity index (χ3n) is 2.97. The van der Waals surface area contributed by atoms with Crippen LogP contribution in [0, 0.1) is 0 Å². The molecule has 1 atom stereocenters. The molecule has 1 aromatic carbocycles. The summed E-state index contributed by atoms with van der Waals surface area (Å²) in [7, 11) is 3.61. The lowest BCUT2D eigenvalue weighted by Gasteiger charge is -2.27. The van der Waals surface area contributed by atoms with Crippen LogP contribution in [0.3, 0.4) is 0 Å². The summed E-state index contributed by atoms with van der Waals surface area (Å²) in [5, 5.41) is 3.12. The minimum atomic E-state index is -0.0402. The molecule has 0 bridgehead atoms. The number of rotatable bonds is 3. The largest absolute Gasteiger partial charge is 0.482 e. The summed E-state index contributed by atoms with van der Waals surface area (Å²) in [6.07, 6.45) is 0. The summed E-state index contributed by atoms with van der Waals surface area (Å²) in [5.41, 5.74) is 1.84. The van der Waals surface area contributed by atoms with E-state index in [0.717, 1.165) is 17.0 Å². The third-order valence-corrected chi connectivity index (χ3v) is 3.28. The van der Waals surface area contributed by atoms with Gasteiger partial charge in [-0.2, -0.15) is 0 Å². The molecule has 2 rings (SSSR count). The van der Waals surface area contributed by atoms with Crippen molar-refractivity contribution in [1.82, 2.24) is 5.32 Å². The average molecular weight is 255 g/mol. The number of hydrogen-bond acceptors (Lipinski definition) is 3. The van der Waals surface area contributed by atoms with Crippen molar-refractivity contribution in [2.75, 3.05) is 31.5 Å². The number of anilines is 1. The molecule has 1 aliphatic rings. The minimum absolute atomic E-state index is 0.0402. The molecule has 1 aromatic rings. The maximum Gasteiger partial charge on any atom is 0.264 e. The Bertz CT molecular complexity index is 433. The molecule has 0 spiro atoms. The van der Waals surface area contributed by atoms with Gasteiger partial charge in [0.25, 0.3) is 5.91 Å². The molecule has 17 heavy (non-hydrogen) atoms. The van der Waals surface area contributed by atoms with Gasteiger partial charge in [0.05, 0.1) is 5.69 Å². The smallest absolute Gasteiger partial charge is 0.264 e. The van der Waals surface area contributed by atoms with E-state index in [0.29, 0.717) is 5.88 Å². The molecule has 0 aliphatic carbocycles. The topological polar surface area (TPSA) is 41.6 Å². The lowest BCUT2D eigenvalue weighted by atomic mass is 10.1. The Morgan fingerprint density at radius 3 is 3.00 bits per heavy atom. The van der Waals surface area contributed by atoms with Gasteiger partial charge in [0, 0.05) is 19.0 Å². The molecule has 92 valence electrons. The van der Waals surface area contributed by atoms with Gasteiger partial charge in [0.2, 0.25) is 0 Å². The highest BCUT2D eigenvalue weighted by atomic mass is 35.5. The van der Waals surface area contributed by atoms with Gasteiger partial charge in [0.15, 0.2) is 6.61 Å². The Morgan fingerprint density at radius 1 is 1.59 bits per heavy atom. The highest BCUT2D eigenvalue weighted by Gasteiger charge is 2.23. The Morgan fingerprint density at radius 2 is 2.35 bits per heavy atom. The van der Waals surface area contributed by atoms with Gasteiger partial charge in [-0.15, -0.1) is 11.6 Å². The van der Waals surface area contributed by atoms with Crippen molar-refractivity contribution < 1.29 is 9.53 Å². The van der Waals surface area contributed by atoms with E-state index in [4.69, 9.17) is 16.3 Å². The van der Waals surface area contributed by atoms with Crippen LogP contribution in [0.25, 0.3) is 0 Å². The fourth-order valence-corrected chi connectivity index (χ4v) is 2.17. The number of likely N-dealkylation sites (N-methyl/N-ethyl adjacent to an activating group) is 1. The van der Waals surface area contributed by atoms with Crippen molar-refractivity contribution in [2.24, 2.45) is 0 Å². The maximum atomic E-state index is 11.5. The zero-order valence-electron chi connectivity index (χ0n) is 9.87. The summed E-state index contributed by atoms with van der Waals surface area (Å²) in [4.78, 5) is 13.2. The molecule has 1 aliphatic heterocycles. The van der Waals surface area contributed by atoms with E-state index < -0.39 is 0 Å². The van der Waals surface area contributed by atoms with E-state index in [1.165, 1.54) is 0 Å². The van der Waals surface area contributed by atoms with Gasteiger partial charge in [0.1, 0.15) is 5.75 Å². The van der Waals surface area contributed by atoms with Gasteiger partial charge in [-0.25, -0.2) is 0 Å². The molecule has 0 radical (unpaired) electrons. The van der Waals surface area contributed by atoms with Crippen LogP contribution in [0.15, 0.2) is 18.2 Å². The maximum absolute atomic E-state index is 11.5. The first kappa shape index (κ1) is 12.2. The molecule has 0 saturated heterocycles. The molecule has 1 heterocycles. The Kier molecular flexibility index (Phi) is 3.54. The van der Waals surface area contributed by atoms with E-state index in [-0.39, 0.29) is 18.6 Å². The number of carbonyl (C=O) groups excluding carboxylic acids is 1. The van der Waals surface area contributed by atoms with Crippen molar-refractivity contribution in [3.05, 3.63) is 23.8 Å². The average Bonchev–Trinajstić information content (AvgIpc) is 2.36. The molecule has 0 saturated carbocycles. The molecular weight excluding hydrogens is 240 g/mol. The Labute approximate surface area is 106 Å². The summed E-state index contributed by atoms with van der Waals surface area (Å²) in [6, 6.07) is 5.86. The van der Waals surface area contributed by atoms with Crippen molar-refractivity contribution >= 4 is 23.2 Å². The van der Waals surface area contributed by atoms with E-state index in [1.54, 1.807) is 11.9 Å². The Hall–Kier alpha value is -1.26.